The maximum absolute atomic E-state index is 12.4. The van der Waals surface area contributed by atoms with Crippen LogP contribution in [0.5, 0.6) is 11.5 Å². The number of likely N-dealkylation sites (tertiary alicyclic amines) is 1. The van der Waals surface area contributed by atoms with Gasteiger partial charge in [-0.2, -0.15) is 0 Å². The number of piperidine rings is 1. The molecule has 1 aliphatic heterocycles. The Morgan fingerprint density at radius 1 is 1.11 bits per heavy atom. The van der Waals surface area contributed by atoms with E-state index in [2.05, 4.69) is 5.32 Å². The molecule has 1 N–H and O–H groups in total. The van der Waals surface area contributed by atoms with Gasteiger partial charge in [-0.3, -0.25) is 9.59 Å². The summed E-state index contributed by atoms with van der Waals surface area (Å²) in [5.41, 5.74) is 1.10. The second-order valence-corrected chi connectivity index (χ2v) is 7.44. The van der Waals surface area contributed by atoms with E-state index in [1.807, 2.05) is 50.8 Å². The standard InChI is InChI=1S/C22H34N2O4/c1-5-27-19-8-7-17(15-20(19)28-6-2)9-12-23-21(25)18-10-13-24(14-11-18)22(26)16(3)4/h7-8,15-16,18H,5-6,9-14H2,1-4H3,(H,23,25). The first-order chi connectivity index (χ1) is 13.5. The summed E-state index contributed by atoms with van der Waals surface area (Å²) in [4.78, 5) is 26.4. The van der Waals surface area contributed by atoms with Gasteiger partial charge in [0.15, 0.2) is 11.5 Å². The fourth-order valence-corrected chi connectivity index (χ4v) is 3.45. The number of carbonyl (C=O) groups is 2. The lowest BCUT2D eigenvalue weighted by Crippen LogP contribution is -2.44. The van der Waals surface area contributed by atoms with Gasteiger partial charge in [-0.1, -0.05) is 19.9 Å². The molecule has 1 fully saturated rings. The van der Waals surface area contributed by atoms with Crippen molar-refractivity contribution in [3.63, 3.8) is 0 Å². The van der Waals surface area contributed by atoms with Crippen LogP contribution in [0.1, 0.15) is 46.1 Å². The van der Waals surface area contributed by atoms with E-state index < -0.39 is 0 Å². The molecule has 28 heavy (non-hydrogen) atoms. The first-order valence-corrected chi connectivity index (χ1v) is 10.4. The maximum atomic E-state index is 12.4. The van der Waals surface area contributed by atoms with E-state index in [4.69, 9.17) is 9.47 Å². The van der Waals surface area contributed by atoms with Gasteiger partial charge in [0.25, 0.3) is 0 Å². The molecule has 156 valence electrons. The summed E-state index contributed by atoms with van der Waals surface area (Å²) >= 11 is 0. The van der Waals surface area contributed by atoms with Crippen molar-refractivity contribution in [2.45, 2.75) is 47.0 Å². The summed E-state index contributed by atoms with van der Waals surface area (Å²) in [6.07, 6.45) is 2.21. The molecule has 1 aromatic carbocycles. The maximum Gasteiger partial charge on any atom is 0.225 e. The average Bonchev–Trinajstić information content (AvgIpc) is 2.69. The molecule has 0 atom stereocenters. The molecule has 0 bridgehead atoms. The first-order valence-electron chi connectivity index (χ1n) is 10.4. The number of benzene rings is 1. The highest BCUT2D eigenvalue weighted by Gasteiger charge is 2.27. The highest BCUT2D eigenvalue weighted by molar-refractivity contribution is 5.80. The fraction of sp³-hybridized carbons (Fsp3) is 0.636. The average molecular weight is 391 g/mol. The molecule has 0 radical (unpaired) electrons. The molecule has 1 aliphatic rings. The Kier molecular flexibility index (Phi) is 8.61. The van der Waals surface area contributed by atoms with Crippen LogP contribution in [0.25, 0.3) is 0 Å². The lowest BCUT2D eigenvalue weighted by atomic mass is 9.95. The van der Waals surface area contributed by atoms with Crippen LogP contribution < -0.4 is 14.8 Å². The van der Waals surface area contributed by atoms with Crippen LogP contribution in [0.15, 0.2) is 18.2 Å². The Labute approximate surface area is 168 Å². The van der Waals surface area contributed by atoms with Crippen molar-refractivity contribution in [1.82, 2.24) is 10.2 Å². The molecule has 2 rings (SSSR count). The lowest BCUT2D eigenvalue weighted by Gasteiger charge is -2.32. The summed E-state index contributed by atoms with van der Waals surface area (Å²) in [7, 11) is 0. The molecule has 1 heterocycles. The van der Waals surface area contributed by atoms with E-state index in [0.29, 0.717) is 32.8 Å². The molecular formula is C22H34N2O4. The number of nitrogens with one attached hydrogen (secondary N) is 1. The second kappa shape index (κ2) is 10.9. The predicted octanol–water partition coefficient (Wildman–Crippen LogP) is 3.04. The number of nitrogens with zero attached hydrogens (tertiary/aromatic N) is 1. The Balaban J connectivity index is 1.79. The lowest BCUT2D eigenvalue weighted by molar-refractivity contribution is -0.138. The van der Waals surface area contributed by atoms with Gasteiger partial charge in [-0.25, -0.2) is 0 Å². The third-order valence-corrected chi connectivity index (χ3v) is 4.99. The van der Waals surface area contributed by atoms with Crippen molar-refractivity contribution >= 4 is 11.8 Å². The molecule has 6 heteroatoms. The number of hydrogen-bond acceptors (Lipinski definition) is 4. The van der Waals surface area contributed by atoms with Crippen molar-refractivity contribution in [3.05, 3.63) is 23.8 Å². The molecule has 6 nitrogen and oxygen atoms in total. The summed E-state index contributed by atoms with van der Waals surface area (Å²) in [6, 6.07) is 5.92. The summed E-state index contributed by atoms with van der Waals surface area (Å²) in [6.45, 7) is 10.8. The van der Waals surface area contributed by atoms with Gasteiger partial charge in [-0.05, 0) is 50.8 Å². The molecule has 0 unspecified atom stereocenters. The van der Waals surface area contributed by atoms with Crippen molar-refractivity contribution in [3.8, 4) is 11.5 Å². The SMILES string of the molecule is CCOc1ccc(CCNC(=O)C2CCN(C(=O)C(C)C)CC2)cc1OCC. The Morgan fingerprint density at radius 2 is 1.75 bits per heavy atom. The van der Waals surface area contributed by atoms with E-state index in [9.17, 15) is 9.59 Å². The highest BCUT2D eigenvalue weighted by atomic mass is 16.5. The molecule has 0 saturated carbocycles. The smallest absolute Gasteiger partial charge is 0.225 e. The first kappa shape index (κ1) is 22.1. The van der Waals surface area contributed by atoms with E-state index >= 15 is 0 Å². The zero-order valence-corrected chi connectivity index (χ0v) is 17.6. The normalized spacial score (nSPS) is 14.8. The quantitative estimate of drug-likeness (QED) is 0.704. The van der Waals surface area contributed by atoms with Gasteiger partial charge in [0.05, 0.1) is 13.2 Å². The highest BCUT2D eigenvalue weighted by Crippen LogP contribution is 2.28. The number of ether oxygens (including phenoxy) is 2. The summed E-state index contributed by atoms with van der Waals surface area (Å²) < 4.78 is 11.2. The number of hydrogen-bond donors (Lipinski definition) is 1. The zero-order valence-electron chi connectivity index (χ0n) is 17.6. The number of amides is 2. The second-order valence-electron chi connectivity index (χ2n) is 7.44. The monoisotopic (exact) mass is 390 g/mol. The van der Waals surface area contributed by atoms with Gasteiger partial charge in [-0.15, -0.1) is 0 Å². The topological polar surface area (TPSA) is 67.9 Å². The molecule has 2 amide bonds. The molecule has 0 aromatic heterocycles. The third-order valence-electron chi connectivity index (χ3n) is 4.99. The van der Waals surface area contributed by atoms with Crippen LogP contribution in [0.3, 0.4) is 0 Å². The fourth-order valence-electron chi connectivity index (χ4n) is 3.45. The van der Waals surface area contributed by atoms with E-state index in [1.54, 1.807) is 0 Å². The van der Waals surface area contributed by atoms with E-state index in [-0.39, 0.29) is 23.7 Å². The van der Waals surface area contributed by atoms with Crippen LogP contribution in [-0.4, -0.2) is 49.6 Å². The number of carbonyl (C=O) groups excluding carboxylic acids is 2. The van der Waals surface area contributed by atoms with Gasteiger partial charge >= 0.3 is 0 Å². The molecule has 1 saturated heterocycles. The van der Waals surface area contributed by atoms with Crippen LogP contribution in [0.2, 0.25) is 0 Å². The van der Waals surface area contributed by atoms with Crippen molar-refractivity contribution in [2.75, 3.05) is 32.8 Å². The predicted molar refractivity (Wildman–Crippen MR) is 110 cm³/mol. The third kappa shape index (κ3) is 6.14. The molecule has 0 aliphatic carbocycles. The van der Waals surface area contributed by atoms with Crippen LogP contribution >= 0.6 is 0 Å². The minimum absolute atomic E-state index is 0.00414. The minimum atomic E-state index is -0.00414. The molecular weight excluding hydrogens is 356 g/mol. The van der Waals surface area contributed by atoms with Gasteiger partial charge < -0.3 is 19.7 Å². The van der Waals surface area contributed by atoms with E-state index in [1.165, 1.54) is 0 Å². The van der Waals surface area contributed by atoms with E-state index in [0.717, 1.165) is 36.3 Å². The van der Waals surface area contributed by atoms with Crippen LogP contribution in [0.4, 0.5) is 0 Å². The van der Waals surface area contributed by atoms with Gasteiger partial charge in [0, 0.05) is 31.5 Å². The van der Waals surface area contributed by atoms with Crippen LogP contribution in [-0.2, 0) is 16.0 Å². The summed E-state index contributed by atoms with van der Waals surface area (Å²) in [5.74, 6) is 1.78. The molecule has 1 aromatic rings. The van der Waals surface area contributed by atoms with Crippen molar-refractivity contribution in [2.24, 2.45) is 11.8 Å². The summed E-state index contributed by atoms with van der Waals surface area (Å²) in [5, 5.41) is 3.04. The Morgan fingerprint density at radius 3 is 2.36 bits per heavy atom. The Bertz CT molecular complexity index is 652. The van der Waals surface area contributed by atoms with Gasteiger partial charge in [0.2, 0.25) is 11.8 Å². The minimum Gasteiger partial charge on any atom is -0.490 e. The largest absolute Gasteiger partial charge is 0.490 e. The number of rotatable bonds is 9. The van der Waals surface area contributed by atoms with Gasteiger partial charge in [0.1, 0.15) is 0 Å². The van der Waals surface area contributed by atoms with Crippen LogP contribution in [0, 0.1) is 11.8 Å². The van der Waals surface area contributed by atoms with Crippen molar-refractivity contribution in [1.29, 1.82) is 0 Å². The molecule has 0 spiro atoms. The van der Waals surface area contributed by atoms with Crippen molar-refractivity contribution < 1.29 is 19.1 Å². The Hall–Kier alpha value is -2.24. The zero-order chi connectivity index (χ0) is 20.5.